The smallest absolute Gasteiger partial charge is 0.336 e. The van der Waals surface area contributed by atoms with Crippen LogP contribution in [0.15, 0.2) is 40.5 Å². The van der Waals surface area contributed by atoms with Gasteiger partial charge in [0.15, 0.2) is 0 Å². The Bertz CT molecular complexity index is 953. The highest BCUT2D eigenvalue weighted by atomic mass is 16.6. The third kappa shape index (κ3) is 5.43. The molecule has 0 saturated heterocycles. The number of allylic oxidation sites excluding steroid dienone is 1. The number of nitriles is 1. The first-order valence-corrected chi connectivity index (χ1v) is 11.0. The van der Waals surface area contributed by atoms with Gasteiger partial charge < -0.3 is 14.2 Å². The van der Waals surface area contributed by atoms with Crippen molar-refractivity contribution >= 4 is 17.7 Å². The number of aliphatic imine (C=N–C) groups is 1. The van der Waals surface area contributed by atoms with Crippen molar-refractivity contribution in [1.29, 1.82) is 5.26 Å². The van der Waals surface area contributed by atoms with Crippen molar-refractivity contribution in [3.8, 4) is 6.07 Å². The first-order chi connectivity index (χ1) is 15.5. The third-order valence-electron chi connectivity index (χ3n) is 6.13. The standard InChI is InChI=1S/C25H30N2O5/c1-16-21(24(28)31-12-11-30-3)23(20-10-6-9-19(13-20)14-26)22(17(2)27-16)25(29)32-15-18-7-4-5-8-18/h6,9-10,13,18,22-23H,4-5,7-8,11-12,15H2,1-3H3. The lowest BCUT2D eigenvalue weighted by Gasteiger charge is -2.32. The number of hydrogen-bond donors (Lipinski definition) is 0. The van der Waals surface area contributed by atoms with Crippen LogP contribution in [0.4, 0.5) is 0 Å². The number of esters is 2. The maximum Gasteiger partial charge on any atom is 0.336 e. The van der Waals surface area contributed by atoms with E-state index >= 15 is 0 Å². The minimum absolute atomic E-state index is 0.0938. The van der Waals surface area contributed by atoms with Crippen LogP contribution in [0.1, 0.15) is 56.6 Å². The first-order valence-electron chi connectivity index (χ1n) is 11.0. The number of carbonyl (C=O) groups is 2. The Morgan fingerprint density at radius 2 is 1.91 bits per heavy atom. The Morgan fingerprint density at radius 1 is 1.16 bits per heavy atom. The second-order valence-electron chi connectivity index (χ2n) is 8.35. The van der Waals surface area contributed by atoms with Gasteiger partial charge in [-0.25, -0.2) is 4.79 Å². The van der Waals surface area contributed by atoms with Crippen LogP contribution in [-0.4, -0.2) is 44.6 Å². The second kappa shape index (κ2) is 11.1. The van der Waals surface area contributed by atoms with E-state index in [4.69, 9.17) is 14.2 Å². The number of benzene rings is 1. The topological polar surface area (TPSA) is 98.0 Å². The predicted molar refractivity (Wildman–Crippen MR) is 119 cm³/mol. The van der Waals surface area contributed by atoms with Crippen LogP contribution in [0, 0.1) is 23.2 Å². The van der Waals surface area contributed by atoms with Crippen molar-refractivity contribution in [3.05, 3.63) is 46.7 Å². The Kier molecular flexibility index (Phi) is 8.18. The molecular formula is C25H30N2O5. The average molecular weight is 439 g/mol. The highest BCUT2D eigenvalue weighted by molar-refractivity contribution is 6.07. The van der Waals surface area contributed by atoms with E-state index in [0.717, 1.165) is 25.7 Å². The molecule has 0 amide bonds. The van der Waals surface area contributed by atoms with Gasteiger partial charge in [0.05, 0.1) is 30.4 Å². The Morgan fingerprint density at radius 3 is 2.59 bits per heavy atom. The summed E-state index contributed by atoms with van der Waals surface area (Å²) in [6, 6.07) is 9.08. The van der Waals surface area contributed by atoms with Gasteiger partial charge in [0.2, 0.25) is 0 Å². The minimum Gasteiger partial charge on any atom is -0.465 e. The average Bonchev–Trinajstić information content (AvgIpc) is 3.31. The highest BCUT2D eigenvalue weighted by Crippen LogP contribution is 2.40. The Hall–Kier alpha value is -2.98. The molecule has 1 aromatic rings. The molecule has 0 spiro atoms. The summed E-state index contributed by atoms with van der Waals surface area (Å²) in [4.78, 5) is 30.8. The summed E-state index contributed by atoms with van der Waals surface area (Å²) in [6.45, 7) is 4.25. The van der Waals surface area contributed by atoms with E-state index in [1.807, 2.05) is 6.07 Å². The summed E-state index contributed by atoms with van der Waals surface area (Å²) >= 11 is 0. The molecule has 0 aromatic heterocycles. The molecule has 0 bridgehead atoms. The molecule has 2 aliphatic rings. The Balaban J connectivity index is 1.96. The fourth-order valence-corrected chi connectivity index (χ4v) is 4.53. The maximum absolute atomic E-state index is 13.3. The fourth-order valence-electron chi connectivity index (χ4n) is 4.53. The van der Waals surface area contributed by atoms with Crippen molar-refractivity contribution in [3.63, 3.8) is 0 Å². The van der Waals surface area contributed by atoms with Gasteiger partial charge >= 0.3 is 11.9 Å². The number of rotatable bonds is 8. The molecule has 1 aliphatic heterocycles. The zero-order valence-corrected chi connectivity index (χ0v) is 18.9. The molecule has 1 aliphatic carbocycles. The van der Waals surface area contributed by atoms with Crippen LogP contribution in [0.25, 0.3) is 0 Å². The molecule has 3 rings (SSSR count). The number of nitrogens with zero attached hydrogens (tertiary/aromatic N) is 2. The van der Waals surface area contributed by atoms with Gasteiger partial charge in [0, 0.05) is 24.4 Å². The maximum atomic E-state index is 13.3. The van der Waals surface area contributed by atoms with Crippen molar-refractivity contribution in [2.75, 3.05) is 26.9 Å². The van der Waals surface area contributed by atoms with Crippen LogP contribution < -0.4 is 0 Å². The zero-order valence-electron chi connectivity index (χ0n) is 18.9. The van der Waals surface area contributed by atoms with Crippen LogP contribution in [0.3, 0.4) is 0 Å². The lowest BCUT2D eigenvalue weighted by molar-refractivity contribution is -0.148. The van der Waals surface area contributed by atoms with Crippen LogP contribution >= 0.6 is 0 Å². The van der Waals surface area contributed by atoms with E-state index < -0.39 is 23.8 Å². The fraction of sp³-hybridized carbons (Fsp3) is 0.520. The van der Waals surface area contributed by atoms with E-state index in [-0.39, 0.29) is 13.2 Å². The molecule has 0 radical (unpaired) electrons. The second-order valence-corrected chi connectivity index (χ2v) is 8.35. The van der Waals surface area contributed by atoms with Crippen LogP contribution in [-0.2, 0) is 23.8 Å². The van der Waals surface area contributed by atoms with Gasteiger partial charge in [-0.05, 0) is 50.3 Å². The number of hydrogen-bond acceptors (Lipinski definition) is 7. The summed E-state index contributed by atoms with van der Waals surface area (Å²) in [5.74, 6) is -1.97. The number of carbonyl (C=O) groups excluding carboxylic acids is 2. The van der Waals surface area contributed by atoms with Crippen LogP contribution in [0.2, 0.25) is 0 Å². The molecule has 1 fully saturated rings. The zero-order chi connectivity index (χ0) is 23.1. The molecule has 32 heavy (non-hydrogen) atoms. The van der Waals surface area contributed by atoms with E-state index in [2.05, 4.69) is 11.1 Å². The summed E-state index contributed by atoms with van der Waals surface area (Å²) in [5.41, 5.74) is 2.52. The van der Waals surface area contributed by atoms with Crippen molar-refractivity contribution < 1.29 is 23.8 Å². The molecular weight excluding hydrogens is 408 g/mol. The molecule has 2 atom stereocenters. The lowest BCUT2D eigenvalue weighted by Crippen LogP contribution is -2.37. The quantitative estimate of drug-likeness (QED) is 0.451. The largest absolute Gasteiger partial charge is 0.465 e. The van der Waals surface area contributed by atoms with Gasteiger partial charge in [-0.15, -0.1) is 0 Å². The van der Waals surface area contributed by atoms with Gasteiger partial charge in [-0.1, -0.05) is 25.0 Å². The van der Waals surface area contributed by atoms with E-state index in [1.54, 1.807) is 32.0 Å². The number of methoxy groups -OCH3 is 1. The molecule has 1 saturated carbocycles. The molecule has 170 valence electrons. The molecule has 7 nitrogen and oxygen atoms in total. The van der Waals surface area contributed by atoms with E-state index in [0.29, 0.717) is 40.6 Å². The van der Waals surface area contributed by atoms with Gasteiger partial charge in [-0.2, -0.15) is 5.26 Å². The van der Waals surface area contributed by atoms with Crippen LogP contribution in [0.5, 0.6) is 0 Å². The Labute approximate surface area is 189 Å². The summed E-state index contributed by atoms with van der Waals surface area (Å²) < 4.78 is 16.1. The normalized spacial score (nSPS) is 21.1. The first kappa shape index (κ1) is 23.7. The summed E-state index contributed by atoms with van der Waals surface area (Å²) in [5, 5.41) is 9.38. The summed E-state index contributed by atoms with van der Waals surface area (Å²) in [6.07, 6.45) is 4.45. The van der Waals surface area contributed by atoms with Crippen molar-refractivity contribution in [2.45, 2.75) is 45.4 Å². The molecule has 2 unspecified atom stereocenters. The van der Waals surface area contributed by atoms with Crippen molar-refractivity contribution in [2.24, 2.45) is 16.8 Å². The lowest BCUT2D eigenvalue weighted by atomic mass is 9.75. The molecule has 1 aromatic carbocycles. The molecule has 7 heteroatoms. The van der Waals surface area contributed by atoms with E-state index in [9.17, 15) is 14.9 Å². The van der Waals surface area contributed by atoms with E-state index in [1.165, 1.54) is 7.11 Å². The molecule has 0 N–H and O–H groups in total. The summed E-state index contributed by atoms with van der Waals surface area (Å²) in [7, 11) is 1.53. The van der Waals surface area contributed by atoms with Gasteiger partial charge in [-0.3, -0.25) is 9.79 Å². The highest BCUT2D eigenvalue weighted by Gasteiger charge is 2.42. The predicted octanol–water partition coefficient (Wildman–Crippen LogP) is 3.93. The SMILES string of the molecule is COCCOC(=O)C1=C(C)N=C(C)C(C(=O)OCC2CCCC2)C1c1cccc(C#N)c1. The van der Waals surface area contributed by atoms with Gasteiger partial charge in [0.1, 0.15) is 12.5 Å². The molecule has 1 heterocycles. The minimum atomic E-state index is -0.765. The number of ether oxygens (including phenoxy) is 3. The monoisotopic (exact) mass is 438 g/mol. The third-order valence-corrected chi connectivity index (χ3v) is 6.13. The van der Waals surface area contributed by atoms with Gasteiger partial charge in [0.25, 0.3) is 0 Å². The van der Waals surface area contributed by atoms with Crippen molar-refractivity contribution in [1.82, 2.24) is 0 Å².